The van der Waals surface area contributed by atoms with Crippen LogP contribution in [0.25, 0.3) is 0 Å². The average molecular weight is 231 g/mol. The van der Waals surface area contributed by atoms with E-state index in [-0.39, 0.29) is 11.8 Å². The summed E-state index contributed by atoms with van der Waals surface area (Å²) < 4.78 is 20.1. The van der Waals surface area contributed by atoms with Gasteiger partial charge in [0.2, 0.25) is 0 Å². The lowest BCUT2D eigenvalue weighted by Crippen LogP contribution is -2.01. The van der Waals surface area contributed by atoms with Gasteiger partial charge < -0.3 is 9.30 Å². The first kappa shape index (κ1) is 10.1. The van der Waals surface area contributed by atoms with Crippen LogP contribution in [0.2, 0.25) is 0 Å². The average Bonchev–Trinajstić information content (AvgIpc) is 2.85. The van der Waals surface area contributed by atoms with E-state index in [9.17, 15) is 9.18 Å². The molecule has 0 fully saturated rings. The fraction of sp³-hybridized carbons (Fsp3) is 0.154. The Morgan fingerprint density at radius 2 is 2.12 bits per heavy atom. The van der Waals surface area contributed by atoms with Crippen molar-refractivity contribution < 1.29 is 13.9 Å². The van der Waals surface area contributed by atoms with Gasteiger partial charge in [0.25, 0.3) is 0 Å². The molecule has 0 saturated carbocycles. The number of cyclic esters (lactones) is 1. The number of rotatable bonds is 2. The molecule has 0 aliphatic carbocycles. The second-order valence-corrected chi connectivity index (χ2v) is 4.04. The molecule has 3 rings (SSSR count). The van der Waals surface area contributed by atoms with Gasteiger partial charge in [-0.15, -0.1) is 0 Å². The number of aromatic nitrogens is 1. The second-order valence-electron chi connectivity index (χ2n) is 4.04. The summed E-state index contributed by atoms with van der Waals surface area (Å²) in [4.78, 5) is 11.3. The quantitative estimate of drug-likeness (QED) is 0.743. The summed E-state index contributed by atoms with van der Waals surface area (Å²) >= 11 is 0. The molecular formula is C13H10FNO2. The van der Waals surface area contributed by atoms with E-state index in [1.165, 1.54) is 6.07 Å². The third-order valence-electron chi connectivity index (χ3n) is 2.85. The number of carbonyl (C=O) groups excluding carboxylic acids is 1. The molecule has 0 N–H and O–H groups in total. The molecule has 2 heterocycles. The van der Waals surface area contributed by atoms with Crippen LogP contribution in [-0.2, 0) is 17.9 Å². The van der Waals surface area contributed by atoms with Crippen LogP contribution in [0, 0.1) is 5.82 Å². The van der Waals surface area contributed by atoms with Gasteiger partial charge >= 0.3 is 5.97 Å². The molecule has 0 unspecified atom stereocenters. The van der Waals surface area contributed by atoms with E-state index in [0.717, 1.165) is 5.56 Å². The molecule has 1 aromatic heterocycles. The highest BCUT2D eigenvalue weighted by Crippen LogP contribution is 2.21. The summed E-state index contributed by atoms with van der Waals surface area (Å²) in [6, 6.07) is 6.62. The minimum Gasteiger partial charge on any atom is -0.457 e. The van der Waals surface area contributed by atoms with Crippen molar-refractivity contribution >= 4 is 5.97 Å². The second kappa shape index (κ2) is 3.73. The lowest BCUT2D eigenvalue weighted by atomic mass is 10.2. The number of carbonyl (C=O) groups is 1. The monoisotopic (exact) mass is 231 g/mol. The first-order chi connectivity index (χ1) is 8.24. The molecule has 1 aromatic carbocycles. The molecule has 3 nitrogen and oxygen atoms in total. The molecule has 0 saturated heterocycles. The van der Waals surface area contributed by atoms with Crippen molar-refractivity contribution in [2.45, 2.75) is 13.2 Å². The summed E-state index contributed by atoms with van der Waals surface area (Å²) in [6.45, 7) is 0.741. The van der Waals surface area contributed by atoms with Crippen LogP contribution in [0.1, 0.15) is 21.5 Å². The van der Waals surface area contributed by atoms with Gasteiger partial charge in [-0.3, -0.25) is 0 Å². The minimum absolute atomic E-state index is 0.232. The molecule has 1 aliphatic rings. The smallest absolute Gasteiger partial charge is 0.340 e. The van der Waals surface area contributed by atoms with Crippen LogP contribution in [0.3, 0.4) is 0 Å². The van der Waals surface area contributed by atoms with Crippen LogP contribution in [0.15, 0.2) is 36.7 Å². The predicted octanol–water partition coefficient (Wildman–Crippen LogP) is 2.35. The zero-order valence-corrected chi connectivity index (χ0v) is 9.02. The molecule has 0 amide bonds. The van der Waals surface area contributed by atoms with Crippen LogP contribution >= 0.6 is 0 Å². The lowest BCUT2D eigenvalue weighted by Gasteiger charge is -2.04. The summed E-state index contributed by atoms with van der Waals surface area (Å²) in [6.07, 6.45) is 3.53. The van der Waals surface area contributed by atoms with E-state index < -0.39 is 0 Å². The summed E-state index contributed by atoms with van der Waals surface area (Å²) in [5.41, 5.74) is 2.06. The maximum absolute atomic E-state index is 13.5. The zero-order chi connectivity index (χ0) is 11.8. The first-order valence-electron chi connectivity index (χ1n) is 5.33. The van der Waals surface area contributed by atoms with Gasteiger partial charge in [0.05, 0.1) is 5.56 Å². The zero-order valence-electron chi connectivity index (χ0n) is 9.02. The number of hydrogen-bond acceptors (Lipinski definition) is 2. The molecule has 0 spiro atoms. The normalized spacial score (nSPS) is 13.6. The number of ether oxygens (including phenoxy) is 1. The predicted molar refractivity (Wildman–Crippen MR) is 59.1 cm³/mol. The van der Waals surface area contributed by atoms with Crippen molar-refractivity contribution in [2.75, 3.05) is 0 Å². The van der Waals surface area contributed by atoms with Gasteiger partial charge in [-0.25, -0.2) is 9.18 Å². The number of nitrogens with zero attached hydrogens (tertiary/aromatic N) is 1. The Hall–Kier alpha value is -2.10. The SMILES string of the molecule is O=C1OCc2cn(Cc3ccccc3F)cc21. The van der Waals surface area contributed by atoms with Gasteiger partial charge in [-0.2, -0.15) is 0 Å². The molecule has 1 aliphatic heterocycles. The van der Waals surface area contributed by atoms with E-state index in [2.05, 4.69) is 0 Å². The maximum Gasteiger partial charge on any atom is 0.340 e. The number of esters is 1. The number of fused-ring (bicyclic) bond motifs is 1. The fourth-order valence-electron chi connectivity index (χ4n) is 1.99. The third-order valence-corrected chi connectivity index (χ3v) is 2.85. The summed E-state index contributed by atoms with van der Waals surface area (Å²) in [5, 5.41) is 0. The standard InChI is InChI=1S/C13H10FNO2/c14-12-4-2-1-3-9(12)5-15-6-10-8-17-13(16)11(10)7-15/h1-4,6-7H,5,8H2. The Bertz CT molecular complexity index is 589. The molecule has 86 valence electrons. The first-order valence-corrected chi connectivity index (χ1v) is 5.33. The van der Waals surface area contributed by atoms with Crippen molar-refractivity contribution in [3.8, 4) is 0 Å². The van der Waals surface area contributed by atoms with Crippen LogP contribution < -0.4 is 0 Å². The van der Waals surface area contributed by atoms with Crippen molar-refractivity contribution in [1.29, 1.82) is 0 Å². The van der Waals surface area contributed by atoms with E-state index in [1.807, 2.05) is 10.8 Å². The number of benzene rings is 1. The topological polar surface area (TPSA) is 31.2 Å². The van der Waals surface area contributed by atoms with E-state index >= 15 is 0 Å². The summed E-state index contributed by atoms with van der Waals surface area (Å²) in [7, 11) is 0. The lowest BCUT2D eigenvalue weighted by molar-refractivity contribution is 0.0533. The van der Waals surface area contributed by atoms with Crippen molar-refractivity contribution in [3.63, 3.8) is 0 Å². The number of hydrogen-bond donors (Lipinski definition) is 0. The molecule has 0 radical (unpaired) electrons. The number of halogens is 1. The Kier molecular flexibility index (Phi) is 2.21. The maximum atomic E-state index is 13.5. The molecule has 4 heteroatoms. The highest BCUT2D eigenvalue weighted by Gasteiger charge is 2.23. The Morgan fingerprint density at radius 1 is 1.29 bits per heavy atom. The Labute approximate surface area is 97.4 Å². The van der Waals surface area contributed by atoms with E-state index in [0.29, 0.717) is 24.3 Å². The van der Waals surface area contributed by atoms with Gasteiger partial charge in [0.15, 0.2) is 0 Å². The Balaban J connectivity index is 1.90. The fourth-order valence-corrected chi connectivity index (χ4v) is 1.99. The van der Waals surface area contributed by atoms with Crippen LogP contribution in [0.4, 0.5) is 4.39 Å². The molecule has 2 aromatic rings. The van der Waals surface area contributed by atoms with Crippen LogP contribution in [-0.4, -0.2) is 10.5 Å². The van der Waals surface area contributed by atoms with Gasteiger partial charge in [0.1, 0.15) is 12.4 Å². The highest BCUT2D eigenvalue weighted by atomic mass is 19.1. The van der Waals surface area contributed by atoms with Gasteiger partial charge in [-0.05, 0) is 6.07 Å². The van der Waals surface area contributed by atoms with Gasteiger partial charge in [-0.1, -0.05) is 18.2 Å². The summed E-state index contributed by atoms with van der Waals surface area (Å²) in [5.74, 6) is -0.531. The molecular weight excluding hydrogens is 221 g/mol. The van der Waals surface area contributed by atoms with E-state index in [4.69, 9.17) is 4.74 Å². The Morgan fingerprint density at radius 3 is 2.88 bits per heavy atom. The van der Waals surface area contributed by atoms with Crippen molar-refractivity contribution in [1.82, 2.24) is 4.57 Å². The van der Waals surface area contributed by atoms with E-state index in [1.54, 1.807) is 24.4 Å². The highest BCUT2D eigenvalue weighted by molar-refractivity contribution is 5.93. The van der Waals surface area contributed by atoms with Crippen LogP contribution in [0.5, 0.6) is 0 Å². The van der Waals surface area contributed by atoms with Crippen molar-refractivity contribution in [2.24, 2.45) is 0 Å². The molecule has 0 atom stereocenters. The largest absolute Gasteiger partial charge is 0.457 e. The minimum atomic E-state index is -0.299. The third kappa shape index (κ3) is 1.71. The molecule has 17 heavy (non-hydrogen) atoms. The van der Waals surface area contributed by atoms with Gasteiger partial charge in [0, 0.05) is 30.1 Å². The molecule has 0 bridgehead atoms. The van der Waals surface area contributed by atoms with Crippen molar-refractivity contribution in [3.05, 3.63) is 59.2 Å².